The van der Waals surface area contributed by atoms with E-state index in [-0.39, 0.29) is 5.91 Å². The van der Waals surface area contributed by atoms with Crippen molar-refractivity contribution >= 4 is 28.4 Å². The molecule has 0 bridgehead atoms. The van der Waals surface area contributed by atoms with Crippen LogP contribution in [0.3, 0.4) is 0 Å². The van der Waals surface area contributed by atoms with Crippen LogP contribution in [-0.4, -0.2) is 21.9 Å². The fraction of sp³-hybridized carbons (Fsp3) is 0.214. The maximum Gasteiger partial charge on any atom is 0.246 e. The van der Waals surface area contributed by atoms with Crippen molar-refractivity contribution < 1.29 is 4.79 Å². The van der Waals surface area contributed by atoms with Gasteiger partial charge in [0.1, 0.15) is 0 Å². The Labute approximate surface area is 110 Å². The molecule has 3 rings (SSSR count). The molecule has 0 N–H and O–H groups in total. The first-order valence-corrected chi connectivity index (χ1v) is 6.26. The summed E-state index contributed by atoms with van der Waals surface area (Å²) in [6.07, 6.45) is 1.37. The van der Waals surface area contributed by atoms with Crippen LogP contribution in [-0.2, 0) is 17.9 Å². The third-order valence-corrected chi connectivity index (χ3v) is 3.62. The molecule has 1 aromatic heterocycles. The summed E-state index contributed by atoms with van der Waals surface area (Å²) in [5.41, 5.74) is 2.29. The molecule has 0 saturated heterocycles. The average Bonchev–Trinajstić information content (AvgIpc) is 2.74. The Morgan fingerprint density at radius 1 is 1.33 bits per heavy atom. The number of halogens is 1. The molecular formula is C14H13ClN2O. The molecule has 3 nitrogen and oxygen atoms in total. The molecule has 1 aromatic carbocycles. The van der Waals surface area contributed by atoms with E-state index in [1.54, 1.807) is 0 Å². The molecule has 0 unspecified atom stereocenters. The number of benzene rings is 1. The minimum absolute atomic E-state index is 0.00969. The summed E-state index contributed by atoms with van der Waals surface area (Å²) in [5.74, 6) is -0.00969. The number of fused-ring (bicyclic) bond motifs is 3. The molecule has 4 heteroatoms. The highest BCUT2D eigenvalue weighted by Gasteiger charge is 2.20. The average molecular weight is 261 g/mol. The summed E-state index contributed by atoms with van der Waals surface area (Å²) < 4.78 is 2.23. The molecular weight excluding hydrogens is 248 g/mol. The highest BCUT2D eigenvalue weighted by Crippen LogP contribution is 2.26. The standard InChI is InChI=1S/C14H13ClN2O/c1-2-14(18)16-5-6-17-12(9-16)7-10-3-4-11(15)8-13(10)17/h2-4,7-8H,1,5-6,9H2. The first kappa shape index (κ1) is 11.4. The lowest BCUT2D eigenvalue weighted by Crippen LogP contribution is -2.36. The Morgan fingerprint density at radius 3 is 2.94 bits per heavy atom. The Bertz CT molecular complexity index is 645. The monoisotopic (exact) mass is 260 g/mol. The fourth-order valence-corrected chi connectivity index (χ4v) is 2.66. The normalized spacial score (nSPS) is 14.6. The topological polar surface area (TPSA) is 25.2 Å². The molecule has 1 aliphatic rings. The predicted octanol–water partition coefficient (Wildman–Crippen LogP) is 2.82. The largest absolute Gasteiger partial charge is 0.341 e. The van der Waals surface area contributed by atoms with E-state index < -0.39 is 0 Å². The van der Waals surface area contributed by atoms with E-state index >= 15 is 0 Å². The number of amides is 1. The Morgan fingerprint density at radius 2 is 2.17 bits per heavy atom. The van der Waals surface area contributed by atoms with Gasteiger partial charge in [0.25, 0.3) is 0 Å². The van der Waals surface area contributed by atoms with E-state index in [1.165, 1.54) is 11.5 Å². The van der Waals surface area contributed by atoms with E-state index in [2.05, 4.69) is 17.2 Å². The lowest BCUT2D eigenvalue weighted by molar-refractivity contribution is -0.127. The van der Waals surface area contributed by atoms with Crippen molar-refractivity contribution in [3.63, 3.8) is 0 Å². The third kappa shape index (κ3) is 1.71. The lowest BCUT2D eigenvalue weighted by atomic mass is 10.2. The molecule has 1 amide bonds. The van der Waals surface area contributed by atoms with Crippen molar-refractivity contribution in [3.05, 3.63) is 47.6 Å². The van der Waals surface area contributed by atoms with E-state index in [9.17, 15) is 4.79 Å². The zero-order chi connectivity index (χ0) is 12.7. The van der Waals surface area contributed by atoms with Gasteiger partial charge in [-0.15, -0.1) is 0 Å². The number of carbonyl (C=O) groups excluding carboxylic acids is 1. The molecule has 2 aromatic rings. The minimum atomic E-state index is -0.00969. The van der Waals surface area contributed by atoms with Gasteiger partial charge in [0.15, 0.2) is 0 Å². The number of aromatic nitrogens is 1. The van der Waals surface area contributed by atoms with E-state index in [4.69, 9.17) is 11.6 Å². The number of hydrogen-bond acceptors (Lipinski definition) is 1. The number of nitrogens with zero attached hydrogens (tertiary/aromatic N) is 2. The van der Waals surface area contributed by atoms with Crippen LogP contribution in [0.2, 0.25) is 5.02 Å². The van der Waals surface area contributed by atoms with Crippen molar-refractivity contribution in [2.24, 2.45) is 0 Å². The molecule has 0 spiro atoms. The van der Waals surface area contributed by atoms with Gasteiger partial charge in [0.05, 0.1) is 6.54 Å². The first-order valence-electron chi connectivity index (χ1n) is 5.88. The zero-order valence-corrected chi connectivity index (χ0v) is 10.7. The molecule has 0 saturated carbocycles. The fourth-order valence-electron chi connectivity index (χ4n) is 2.49. The van der Waals surface area contributed by atoms with Gasteiger partial charge in [0, 0.05) is 34.7 Å². The van der Waals surface area contributed by atoms with E-state index in [0.717, 1.165) is 22.8 Å². The smallest absolute Gasteiger partial charge is 0.246 e. The van der Waals surface area contributed by atoms with Crippen LogP contribution in [0.4, 0.5) is 0 Å². The maximum absolute atomic E-state index is 11.6. The highest BCUT2D eigenvalue weighted by molar-refractivity contribution is 6.31. The van der Waals surface area contributed by atoms with Gasteiger partial charge < -0.3 is 9.47 Å². The predicted molar refractivity (Wildman–Crippen MR) is 72.6 cm³/mol. The number of hydrogen-bond donors (Lipinski definition) is 0. The first-order chi connectivity index (χ1) is 8.69. The molecule has 1 aliphatic heterocycles. The van der Waals surface area contributed by atoms with Gasteiger partial charge in [0.2, 0.25) is 5.91 Å². The van der Waals surface area contributed by atoms with Crippen LogP contribution in [0.5, 0.6) is 0 Å². The zero-order valence-electron chi connectivity index (χ0n) is 9.90. The molecule has 18 heavy (non-hydrogen) atoms. The Balaban J connectivity index is 2.05. The molecule has 0 aliphatic carbocycles. The quantitative estimate of drug-likeness (QED) is 0.724. The second-order valence-corrected chi connectivity index (χ2v) is 4.89. The second kappa shape index (κ2) is 4.18. The summed E-state index contributed by atoms with van der Waals surface area (Å²) >= 11 is 6.03. The van der Waals surface area contributed by atoms with Crippen LogP contribution in [0.15, 0.2) is 36.9 Å². The molecule has 0 radical (unpaired) electrons. The molecule has 2 heterocycles. The van der Waals surface area contributed by atoms with Crippen molar-refractivity contribution in [1.82, 2.24) is 9.47 Å². The molecule has 92 valence electrons. The SMILES string of the molecule is C=CC(=O)N1CCn2c(cc3ccc(Cl)cc32)C1. The van der Waals surface area contributed by atoms with E-state index in [1.807, 2.05) is 23.1 Å². The Kier molecular flexibility index (Phi) is 2.63. The second-order valence-electron chi connectivity index (χ2n) is 4.45. The van der Waals surface area contributed by atoms with Gasteiger partial charge >= 0.3 is 0 Å². The highest BCUT2D eigenvalue weighted by atomic mass is 35.5. The summed E-state index contributed by atoms with van der Waals surface area (Å²) in [4.78, 5) is 13.4. The van der Waals surface area contributed by atoms with Crippen molar-refractivity contribution in [2.75, 3.05) is 6.54 Å². The number of carbonyl (C=O) groups is 1. The van der Waals surface area contributed by atoms with Gasteiger partial charge in [-0.1, -0.05) is 24.2 Å². The van der Waals surface area contributed by atoms with Gasteiger partial charge in [-0.25, -0.2) is 0 Å². The summed E-state index contributed by atoms with van der Waals surface area (Å²) in [7, 11) is 0. The van der Waals surface area contributed by atoms with Crippen LogP contribution in [0.1, 0.15) is 5.69 Å². The van der Waals surface area contributed by atoms with Gasteiger partial charge in [-0.2, -0.15) is 0 Å². The van der Waals surface area contributed by atoms with Gasteiger partial charge in [-0.3, -0.25) is 4.79 Å². The van der Waals surface area contributed by atoms with Crippen LogP contribution in [0.25, 0.3) is 10.9 Å². The van der Waals surface area contributed by atoms with Crippen molar-refractivity contribution in [1.29, 1.82) is 0 Å². The van der Waals surface area contributed by atoms with E-state index in [0.29, 0.717) is 13.1 Å². The van der Waals surface area contributed by atoms with Crippen LogP contribution in [0, 0.1) is 0 Å². The van der Waals surface area contributed by atoms with Crippen LogP contribution < -0.4 is 0 Å². The molecule has 0 atom stereocenters. The molecule has 0 fully saturated rings. The minimum Gasteiger partial charge on any atom is -0.341 e. The third-order valence-electron chi connectivity index (χ3n) is 3.38. The lowest BCUT2D eigenvalue weighted by Gasteiger charge is -2.28. The number of rotatable bonds is 1. The maximum atomic E-state index is 11.6. The summed E-state index contributed by atoms with van der Waals surface area (Å²) in [5, 5.41) is 1.91. The van der Waals surface area contributed by atoms with Crippen LogP contribution >= 0.6 is 11.6 Å². The van der Waals surface area contributed by atoms with Crippen molar-refractivity contribution in [2.45, 2.75) is 13.1 Å². The van der Waals surface area contributed by atoms with Crippen molar-refractivity contribution in [3.8, 4) is 0 Å². The summed E-state index contributed by atoms with van der Waals surface area (Å²) in [6, 6.07) is 8.00. The van der Waals surface area contributed by atoms with Gasteiger partial charge in [-0.05, 0) is 24.3 Å². The Hall–Kier alpha value is -1.74. The summed E-state index contributed by atoms with van der Waals surface area (Å²) in [6.45, 7) is 5.69.